The van der Waals surface area contributed by atoms with Crippen molar-refractivity contribution in [2.45, 2.75) is 19.0 Å². The Balaban J connectivity index is 1.42. The molecule has 1 aliphatic heterocycles. The van der Waals surface area contributed by atoms with Gasteiger partial charge in [-0.1, -0.05) is 24.3 Å². The molecule has 11 nitrogen and oxygen atoms in total. The molecule has 0 spiro atoms. The Bertz CT molecular complexity index is 1730. The topological polar surface area (TPSA) is 152 Å². The van der Waals surface area contributed by atoms with Crippen molar-refractivity contribution in [1.29, 1.82) is 0 Å². The van der Waals surface area contributed by atoms with Crippen molar-refractivity contribution in [2.75, 3.05) is 32.2 Å². The van der Waals surface area contributed by atoms with Gasteiger partial charge >= 0.3 is 0 Å². The summed E-state index contributed by atoms with van der Waals surface area (Å²) in [5, 5.41) is 9.60. The van der Waals surface area contributed by atoms with Crippen molar-refractivity contribution in [2.24, 2.45) is 0 Å². The highest BCUT2D eigenvalue weighted by atomic mass is 32.2. The van der Waals surface area contributed by atoms with Crippen LogP contribution in [-0.4, -0.2) is 59.8 Å². The molecule has 0 radical (unpaired) electrons. The molecule has 1 aliphatic rings. The number of anilines is 1. The minimum absolute atomic E-state index is 0.0940. The first kappa shape index (κ1) is 26.4. The van der Waals surface area contributed by atoms with Crippen LogP contribution in [0.25, 0.3) is 22.0 Å². The number of rotatable bonds is 7. The van der Waals surface area contributed by atoms with Crippen molar-refractivity contribution in [1.82, 2.24) is 24.4 Å². The number of nitrogens with one attached hydrogen (secondary N) is 2. The summed E-state index contributed by atoms with van der Waals surface area (Å²) < 4.78 is 46.1. The molecule has 0 bridgehead atoms. The van der Waals surface area contributed by atoms with Crippen molar-refractivity contribution >= 4 is 32.7 Å². The second kappa shape index (κ2) is 10.2. The molecule has 204 valence electrons. The fourth-order valence-corrected chi connectivity index (χ4v) is 5.80. The maximum atomic E-state index is 13.6. The van der Waals surface area contributed by atoms with Gasteiger partial charge in [0.25, 0.3) is 11.5 Å². The number of nitrogens with zero attached hydrogens (tertiary/aromatic N) is 3. The van der Waals surface area contributed by atoms with E-state index in [4.69, 9.17) is 10.5 Å². The number of hydrogen-bond donors (Lipinski definition) is 3. The quantitative estimate of drug-likeness (QED) is 0.317. The van der Waals surface area contributed by atoms with Crippen LogP contribution < -0.4 is 21.3 Å². The number of aromatic amines is 1. The molecule has 1 fully saturated rings. The predicted octanol–water partition coefficient (Wildman–Crippen LogP) is 2.26. The molecule has 1 amide bonds. The number of nitrogens with two attached hydrogens (primary N) is 1. The number of halogens is 1. The number of methoxy groups -OCH3 is 1. The summed E-state index contributed by atoms with van der Waals surface area (Å²) in [7, 11) is -1.95. The molecule has 2 aromatic heterocycles. The monoisotopic (exact) mass is 554 g/mol. The summed E-state index contributed by atoms with van der Waals surface area (Å²) in [6.45, 7) is 0.796. The van der Waals surface area contributed by atoms with E-state index in [2.05, 4.69) is 15.5 Å². The summed E-state index contributed by atoms with van der Waals surface area (Å²) in [5.74, 6) is -0.601. The first-order valence-electron chi connectivity index (χ1n) is 12.1. The zero-order chi connectivity index (χ0) is 27.9. The van der Waals surface area contributed by atoms with Crippen LogP contribution in [-0.2, 0) is 16.6 Å². The van der Waals surface area contributed by atoms with Crippen LogP contribution in [0.5, 0.6) is 5.75 Å². The maximum absolute atomic E-state index is 13.6. The Hall–Kier alpha value is -4.23. The molecule has 0 unspecified atom stereocenters. The van der Waals surface area contributed by atoms with Crippen LogP contribution in [0.2, 0.25) is 0 Å². The van der Waals surface area contributed by atoms with Gasteiger partial charge in [0.05, 0.1) is 24.3 Å². The fourth-order valence-electron chi connectivity index (χ4n) is 4.92. The number of hydrogen-bond acceptors (Lipinski definition) is 7. The summed E-state index contributed by atoms with van der Waals surface area (Å²) in [6, 6.07) is 10.8. The first-order valence-corrected chi connectivity index (χ1v) is 14.0. The van der Waals surface area contributed by atoms with E-state index in [1.807, 2.05) is 24.3 Å². The molecular formula is C26H27FN6O5S. The second-order valence-electron chi connectivity index (χ2n) is 9.40. The van der Waals surface area contributed by atoms with Crippen LogP contribution in [0, 0.1) is 5.82 Å². The lowest BCUT2D eigenvalue weighted by atomic mass is 10.0. The molecule has 3 heterocycles. The van der Waals surface area contributed by atoms with Crippen molar-refractivity contribution < 1.29 is 22.3 Å². The molecule has 0 saturated carbocycles. The van der Waals surface area contributed by atoms with Gasteiger partial charge in [0.15, 0.2) is 5.82 Å². The van der Waals surface area contributed by atoms with Gasteiger partial charge < -0.3 is 20.4 Å². The van der Waals surface area contributed by atoms with E-state index in [1.54, 1.807) is 10.8 Å². The zero-order valence-electron chi connectivity index (χ0n) is 21.3. The number of carbonyl (C=O) groups is 1. The molecule has 1 saturated heterocycles. The number of carbonyl (C=O) groups excluding carboxylic acids is 1. The van der Waals surface area contributed by atoms with E-state index in [9.17, 15) is 22.4 Å². The molecule has 4 aromatic rings. The predicted molar refractivity (Wildman–Crippen MR) is 144 cm³/mol. The van der Waals surface area contributed by atoms with Gasteiger partial charge in [-0.05, 0) is 35.7 Å². The van der Waals surface area contributed by atoms with Gasteiger partial charge in [0.2, 0.25) is 10.0 Å². The van der Waals surface area contributed by atoms with Crippen molar-refractivity contribution in [3.8, 4) is 16.9 Å². The van der Waals surface area contributed by atoms with Gasteiger partial charge in [-0.2, -0.15) is 5.10 Å². The lowest BCUT2D eigenvalue weighted by Gasteiger charge is -2.15. The molecule has 5 rings (SSSR count). The minimum atomic E-state index is -3.36. The van der Waals surface area contributed by atoms with Crippen LogP contribution in [0.1, 0.15) is 28.4 Å². The van der Waals surface area contributed by atoms with Gasteiger partial charge in [-0.25, -0.2) is 22.2 Å². The van der Waals surface area contributed by atoms with Gasteiger partial charge in [-0.15, -0.1) is 0 Å². The zero-order valence-corrected chi connectivity index (χ0v) is 22.1. The third-order valence-corrected chi connectivity index (χ3v) is 8.16. The Morgan fingerprint density at radius 2 is 2.00 bits per heavy atom. The molecule has 2 aromatic carbocycles. The largest absolute Gasteiger partial charge is 0.496 e. The molecule has 4 N–H and O–H groups in total. The SMILES string of the molecule is COc1ccc(F)cc1C(=O)NCc1ccc(-c2cn([C@@H]3CCN(S(C)(=O)=O)C3)c3c(=O)[nH]nc(N)c23)cc1. The molecule has 39 heavy (non-hydrogen) atoms. The number of benzene rings is 2. The Morgan fingerprint density at radius 1 is 1.26 bits per heavy atom. The van der Waals surface area contributed by atoms with Crippen molar-refractivity contribution in [3.05, 3.63) is 76.0 Å². The van der Waals surface area contributed by atoms with E-state index >= 15 is 0 Å². The highest BCUT2D eigenvalue weighted by molar-refractivity contribution is 7.88. The Labute approximate surface area is 223 Å². The third-order valence-electron chi connectivity index (χ3n) is 6.89. The lowest BCUT2D eigenvalue weighted by Crippen LogP contribution is -2.28. The smallest absolute Gasteiger partial charge is 0.288 e. The number of amides is 1. The number of sulfonamides is 1. The highest BCUT2D eigenvalue weighted by Gasteiger charge is 2.32. The fraction of sp³-hybridized carbons (Fsp3) is 0.269. The maximum Gasteiger partial charge on any atom is 0.288 e. The number of H-pyrrole nitrogens is 1. The summed E-state index contributed by atoms with van der Waals surface area (Å²) >= 11 is 0. The van der Waals surface area contributed by atoms with E-state index in [0.29, 0.717) is 29.4 Å². The number of ether oxygens (including phenoxy) is 1. The molecule has 0 aliphatic carbocycles. The van der Waals surface area contributed by atoms with Crippen molar-refractivity contribution in [3.63, 3.8) is 0 Å². The highest BCUT2D eigenvalue weighted by Crippen LogP contribution is 2.36. The average Bonchev–Trinajstić information content (AvgIpc) is 3.56. The lowest BCUT2D eigenvalue weighted by molar-refractivity contribution is 0.0947. The minimum Gasteiger partial charge on any atom is -0.496 e. The number of aromatic nitrogens is 3. The molecular weight excluding hydrogens is 527 g/mol. The molecule has 13 heteroatoms. The summed E-state index contributed by atoms with van der Waals surface area (Å²) in [4.78, 5) is 25.4. The number of fused-ring (bicyclic) bond motifs is 1. The van der Waals surface area contributed by atoms with Crippen LogP contribution >= 0.6 is 0 Å². The normalized spacial score (nSPS) is 16.0. The van der Waals surface area contributed by atoms with Crippen LogP contribution in [0.4, 0.5) is 10.2 Å². The second-order valence-corrected chi connectivity index (χ2v) is 11.4. The summed E-state index contributed by atoms with van der Waals surface area (Å²) in [6.07, 6.45) is 3.52. The Kier molecular flexibility index (Phi) is 6.87. The number of nitrogen functional groups attached to an aromatic ring is 1. The third kappa shape index (κ3) is 5.10. The average molecular weight is 555 g/mol. The van der Waals surface area contributed by atoms with Gasteiger partial charge in [0.1, 0.15) is 17.1 Å². The van der Waals surface area contributed by atoms with E-state index < -0.39 is 27.3 Å². The standard InChI is InChI=1S/C26H27FN6O5S/c1-38-21-8-7-17(27)11-19(21)25(34)29-12-15-3-5-16(6-4-15)20-14-33(18-9-10-32(13-18)39(2,36)37)23-22(20)24(28)30-31-26(23)35/h3-8,11,14,18H,9-10,12-13H2,1-2H3,(H2,28,30)(H,29,34)(H,31,35)/t18-/m1/s1. The van der Waals surface area contributed by atoms with E-state index in [-0.39, 0.29) is 36.3 Å². The van der Waals surface area contributed by atoms with E-state index in [0.717, 1.165) is 17.2 Å². The van der Waals surface area contributed by atoms with E-state index in [1.165, 1.54) is 29.8 Å². The van der Waals surface area contributed by atoms with Crippen LogP contribution in [0.15, 0.2) is 53.5 Å². The summed E-state index contributed by atoms with van der Waals surface area (Å²) in [5.41, 5.74) is 8.42. The Morgan fingerprint density at radius 3 is 2.67 bits per heavy atom. The first-order chi connectivity index (χ1) is 18.6. The van der Waals surface area contributed by atoms with Crippen LogP contribution in [0.3, 0.4) is 0 Å². The molecule has 1 atom stereocenters. The van der Waals surface area contributed by atoms with Gasteiger partial charge in [0, 0.05) is 37.4 Å². The van der Waals surface area contributed by atoms with Gasteiger partial charge in [-0.3, -0.25) is 9.59 Å².